The van der Waals surface area contributed by atoms with Gasteiger partial charge in [0.15, 0.2) is 5.82 Å². The van der Waals surface area contributed by atoms with Crippen molar-refractivity contribution in [3.05, 3.63) is 34.5 Å². The molecule has 2 aromatic rings. The number of H-pyrrole nitrogens is 1. The summed E-state index contributed by atoms with van der Waals surface area (Å²) < 4.78 is 28.4. The van der Waals surface area contributed by atoms with Gasteiger partial charge in [0.05, 0.1) is 21.8 Å². The molecular formula is C19H21ClF2N4O2. The highest BCUT2D eigenvalue weighted by Crippen LogP contribution is 2.32. The van der Waals surface area contributed by atoms with Gasteiger partial charge in [-0.3, -0.25) is 9.59 Å². The number of likely N-dealkylation sites (tertiary alicyclic amines) is 2. The van der Waals surface area contributed by atoms with Crippen LogP contribution in [0.3, 0.4) is 0 Å². The van der Waals surface area contributed by atoms with Crippen molar-refractivity contribution in [2.24, 2.45) is 5.92 Å². The van der Waals surface area contributed by atoms with E-state index in [0.717, 1.165) is 12.5 Å². The van der Waals surface area contributed by atoms with Gasteiger partial charge in [-0.1, -0.05) is 11.6 Å². The van der Waals surface area contributed by atoms with E-state index in [0.29, 0.717) is 32.1 Å². The van der Waals surface area contributed by atoms with Crippen molar-refractivity contribution in [3.8, 4) is 0 Å². The van der Waals surface area contributed by atoms with E-state index in [1.807, 2.05) is 11.9 Å². The number of carbonyl (C=O) groups is 2. The van der Waals surface area contributed by atoms with Gasteiger partial charge in [-0.05, 0) is 32.0 Å². The molecule has 2 N–H and O–H groups in total. The minimum atomic E-state index is -0.865. The van der Waals surface area contributed by atoms with Crippen molar-refractivity contribution in [1.29, 1.82) is 0 Å². The second kappa shape index (κ2) is 7.33. The summed E-state index contributed by atoms with van der Waals surface area (Å²) in [6, 6.07) is 2.76. The van der Waals surface area contributed by atoms with Gasteiger partial charge in [-0.2, -0.15) is 0 Å². The maximum Gasteiger partial charge on any atom is 0.273 e. The molecule has 0 radical (unpaired) electrons. The molecule has 0 spiro atoms. The third kappa shape index (κ3) is 3.14. The van der Waals surface area contributed by atoms with Gasteiger partial charge in [0.2, 0.25) is 5.91 Å². The first-order valence-electron chi connectivity index (χ1n) is 9.31. The van der Waals surface area contributed by atoms with Crippen LogP contribution in [0.4, 0.5) is 8.78 Å². The van der Waals surface area contributed by atoms with E-state index in [2.05, 4.69) is 10.3 Å². The summed E-state index contributed by atoms with van der Waals surface area (Å²) in [5.74, 6) is -2.41. The van der Waals surface area contributed by atoms with E-state index in [1.165, 1.54) is 11.0 Å². The van der Waals surface area contributed by atoms with Crippen LogP contribution in [0.5, 0.6) is 0 Å². The number of halogens is 3. The Morgan fingerprint density at radius 1 is 1.18 bits per heavy atom. The zero-order chi connectivity index (χ0) is 20.0. The number of amides is 2. The lowest BCUT2D eigenvalue weighted by molar-refractivity contribution is -0.134. The van der Waals surface area contributed by atoms with Crippen molar-refractivity contribution in [2.45, 2.75) is 18.9 Å². The highest BCUT2D eigenvalue weighted by atomic mass is 35.5. The zero-order valence-electron chi connectivity index (χ0n) is 15.4. The minimum Gasteiger partial charge on any atom is -0.348 e. The number of likely N-dealkylation sites (N-methyl/N-ethyl adjacent to an activating group) is 1. The third-order valence-electron chi connectivity index (χ3n) is 5.74. The first-order chi connectivity index (χ1) is 13.4. The number of carbonyl (C=O) groups excluding carboxylic acids is 2. The molecule has 9 heteroatoms. The number of aromatic amines is 1. The van der Waals surface area contributed by atoms with Crippen molar-refractivity contribution in [2.75, 3.05) is 33.2 Å². The molecule has 0 saturated carbocycles. The van der Waals surface area contributed by atoms with E-state index in [9.17, 15) is 18.4 Å². The van der Waals surface area contributed by atoms with Crippen LogP contribution in [0.15, 0.2) is 12.1 Å². The predicted octanol–water partition coefficient (Wildman–Crippen LogP) is 2.38. The average molecular weight is 411 g/mol. The average Bonchev–Trinajstić information content (AvgIpc) is 3.42. The number of aromatic nitrogens is 1. The number of nitrogens with zero attached hydrogens (tertiary/aromatic N) is 2. The van der Waals surface area contributed by atoms with Crippen LogP contribution in [-0.2, 0) is 4.79 Å². The number of rotatable bonds is 3. The first-order valence-corrected chi connectivity index (χ1v) is 9.69. The number of fused-ring (bicyclic) bond motifs is 1. The second-order valence-corrected chi connectivity index (χ2v) is 7.77. The van der Waals surface area contributed by atoms with Crippen LogP contribution in [0.25, 0.3) is 10.9 Å². The maximum atomic E-state index is 14.7. The summed E-state index contributed by atoms with van der Waals surface area (Å²) in [5, 5.41) is 2.69. The van der Waals surface area contributed by atoms with Gasteiger partial charge >= 0.3 is 0 Å². The first kappa shape index (κ1) is 19.1. The fourth-order valence-corrected chi connectivity index (χ4v) is 4.34. The molecule has 1 aromatic carbocycles. The smallest absolute Gasteiger partial charge is 0.273 e. The normalized spacial score (nSPS) is 22.4. The maximum absolute atomic E-state index is 14.7. The lowest BCUT2D eigenvalue weighted by Crippen LogP contribution is -2.38. The fourth-order valence-electron chi connectivity index (χ4n) is 4.09. The number of hydrogen-bond acceptors (Lipinski definition) is 3. The van der Waals surface area contributed by atoms with Crippen LogP contribution in [0.2, 0.25) is 5.02 Å². The van der Waals surface area contributed by atoms with E-state index in [1.54, 1.807) is 0 Å². The quantitative estimate of drug-likeness (QED) is 0.816. The lowest BCUT2D eigenvalue weighted by atomic mass is 10.1. The van der Waals surface area contributed by atoms with Gasteiger partial charge in [0.1, 0.15) is 11.5 Å². The summed E-state index contributed by atoms with van der Waals surface area (Å²) in [6.45, 7) is 1.99. The molecule has 4 rings (SSSR count). The van der Waals surface area contributed by atoms with Crippen molar-refractivity contribution >= 4 is 34.3 Å². The second-order valence-electron chi connectivity index (χ2n) is 7.39. The Bertz CT molecular complexity index is 948. The summed E-state index contributed by atoms with van der Waals surface area (Å²) >= 11 is 5.85. The third-order valence-corrected chi connectivity index (χ3v) is 6.11. The highest BCUT2D eigenvalue weighted by molar-refractivity contribution is 6.35. The van der Waals surface area contributed by atoms with Crippen LogP contribution >= 0.6 is 11.6 Å². The Balaban J connectivity index is 1.50. The predicted molar refractivity (Wildman–Crippen MR) is 101 cm³/mol. The number of benzene rings is 1. The standard InChI is InChI=1S/C19H21ClF2N4O2/c1-23-11-5-7-26(9-11)18(27)10-4-6-25(8-10)19(28)17-16(22)14-13(24-17)3-2-12(21)15(14)20/h2-3,10-11,23-24H,4-9H2,1H3/t10-,11-/m1/s1. The topological polar surface area (TPSA) is 68.4 Å². The Kier molecular flexibility index (Phi) is 5.01. The van der Waals surface area contributed by atoms with E-state index >= 15 is 0 Å². The van der Waals surface area contributed by atoms with Gasteiger partial charge in [-0.15, -0.1) is 0 Å². The lowest BCUT2D eigenvalue weighted by Gasteiger charge is -2.21. The van der Waals surface area contributed by atoms with Gasteiger partial charge < -0.3 is 20.1 Å². The molecule has 6 nitrogen and oxygen atoms in total. The minimum absolute atomic E-state index is 0.0373. The summed E-state index contributed by atoms with van der Waals surface area (Å²) in [6.07, 6.45) is 1.46. The molecule has 28 heavy (non-hydrogen) atoms. The molecule has 2 aliphatic heterocycles. The monoisotopic (exact) mass is 410 g/mol. The van der Waals surface area contributed by atoms with Crippen LogP contribution < -0.4 is 5.32 Å². The van der Waals surface area contributed by atoms with E-state index in [-0.39, 0.29) is 40.0 Å². The molecule has 1 aromatic heterocycles. The molecule has 0 aliphatic carbocycles. The summed E-state index contributed by atoms with van der Waals surface area (Å²) in [5.41, 5.74) is 0.00117. The molecule has 2 aliphatic rings. The van der Waals surface area contributed by atoms with Crippen molar-refractivity contribution in [1.82, 2.24) is 20.1 Å². The number of nitrogens with one attached hydrogen (secondary N) is 2. The van der Waals surface area contributed by atoms with Crippen molar-refractivity contribution in [3.63, 3.8) is 0 Å². The SMILES string of the molecule is CN[C@@H]1CCN(C(=O)[C@@H]2CCN(C(=O)c3[nH]c4ccc(F)c(Cl)c4c3F)C2)C1. The molecule has 3 heterocycles. The molecule has 0 unspecified atom stereocenters. The Labute approximate surface area is 165 Å². The van der Waals surface area contributed by atoms with Gasteiger partial charge in [0, 0.05) is 32.2 Å². The Morgan fingerprint density at radius 3 is 2.64 bits per heavy atom. The Morgan fingerprint density at radius 2 is 1.93 bits per heavy atom. The molecule has 2 atom stereocenters. The van der Waals surface area contributed by atoms with Crippen LogP contribution in [0.1, 0.15) is 23.3 Å². The fraction of sp³-hybridized carbons (Fsp3) is 0.474. The summed E-state index contributed by atoms with van der Waals surface area (Å²) in [4.78, 5) is 31.5. The molecule has 2 amide bonds. The zero-order valence-corrected chi connectivity index (χ0v) is 16.2. The van der Waals surface area contributed by atoms with Gasteiger partial charge in [0.25, 0.3) is 5.91 Å². The molecular weight excluding hydrogens is 390 g/mol. The summed E-state index contributed by atoms with van der Waals surface area (Å²) in [7, 11) is 1.88. The van der Waals surface area contributed by atoms with E-state index in [4.69, 9.17) is 11.6 Å². The Hall–Kier alpha value is -2.19. The molecule has 150 valence electrons. The van der Waals surface area contributed by atoms with E-state index < -0.39 is 17.5 Å². The number of hydrogen-bond donors (Lipinski definition) is 2. The molecule has 0 bridgehead atoms. The molecule has 2 saturated heterocycles. The highest BCUT2D eigenvalue weighted by Gasteiger charge is 2.37. The molecule has 2 fully saturated rings. The van der Waals surface area contributed by atoms with Crippen molar-refractivity contribution < 1.29 is 18.4 Å². The van der Waals surface area contributed by atoms with Crippen LogP contribution in [-0.4, -0.2) is 65.9 Å². The van der Waals surface area contributed by atoms with Crippen LogP contribution in [0, 0.1) is 17.6 Å². The van der Waals surface area contributed by atoms with Gasteiger partial charge in [-0.25, -0.2) is 8.78 Å². The largest absolute Gasteiger partial charge is 0.348 e.